The zero-order valence-electron chi connectivity index (χ0n) is 14.6. The SMILES string of the molecule is CCCNC(CCC)C(CC)N(C)C1CCCCC1C. The summed E-state index contributed by atoms with van der Waals surface area (Å²) in [6.45, 7) is 10.6. The van der Waals surface area contributed by atoms with Crippen molar-refractivity contribution in [2.24, 2.45) is 5.92 Å². The summed E-state index contributed by atoms with van der Waals surface area (Å²) in [5.41, 5.74) is 0. The van der Waals surface area contributed by atoms with Crippen LogP contribution in [0.2, 0.25) is 0 Å². The van der Waals surface area contributed by atoms with Gasteiger partial charge in [-0.2, -0.15) is 0 Å². The first-order chi connectivity index (χ1) is 9.65. The fourth-order valence-corrected chi connectivity index (χ4v) is 4.08. The highest BCUT2D eigenvalue weighted by Gasteiger charge is 2.31. The molecule has 1 aliphatic rings. The van der Waals surface area contributed by atoms with Crippen LogP contribution >= 0.6 is 0 Å². The van der Waals surface area contributed by atoms with Crippen LogP contribution in [0.4, 0.5) is 0 Å². The van der Waals surface area contributed by atoms with E-state index in [2.05, 4.69) is 45.0 Å². The van der Waals surface area contributed by atoms with Crippen LogP contribution in [0.3, 0.4) is 0 Å². The summed E-state index contributed by atoms with van der Waals surface area (Å²) >= 11 is 0. The molecule has 0 saturated heterocycles. The van der Waals surface area contributed by atoms with Crippen LogP contribution in [0.15, 0.2) is 0 Å². The lowest BCUT2D eigenvalue weighted by Gasteiger charge is -2.43. The highest BCUT2D eigenvalue weighted by Crippen LogP contribution is 2.30. The van der Waals surface area contributed by atoms with Crippen LogP contribution in [0, 0.1) is 5.92 Å². The van der Waals surface area contributed by atoms with Crippen LogP contribution in [-0.4, -0.2) is 36.6 Å². The highest BCUT2D eigenvalue weighted by molar-refractivity contribution is 4.88. The zero-order valence-corrected chi connectivity index (χ0v) is 14.6. The molecule has 1 N–H and O–H groups in total. The van der Waals surface area contributed by atoms with Gasteiger partial charge >= 0.3 is 0 Å². The number of rotatable bonds is 9. The third-order valence-corrected chi connectivity index (χ3v) is 5.25. The zero-order chi connectivity index (χ0) is 15.0. The van der Waals surface area contributed by atoms with Gasteiger partial charge in [-0.25, -0.2) is 0 Å². The molecule has 0 aromatic carbocycles. The second-order valence-corrected chi connectivity index (χ2v) is 6.82. The Morgan fingerprint density at radius 3 is 2.35 bits per heavy atom. The number of nitrogens with zero attached hydrogens (tertiary/aromatic N) is 1. The van der Waals surface area contributed by atoms with Gasteiger partial charge in [0.1, 0.15) is 0 Å². The van der Waals surface area contributed by atoms with Gasteiger partial charge in [0.2, 0.25) is 0 Å². The fraction of sp³-hybridized carbons (Fsp3) is 1.00. The van der Waals surface area contributed by atoms with Gasteiger partial charge in [0, 0.05) is 18.1 Å². The molecule has 2 nitrogen and oxygen atoms in total. The minimum atomic E-state index is 0.670. The lowest BCUT2D eigenvalue weighted by atomic mass is 9.83. The van der Waals surface area contributed by atoms with Gasteiger partial charge in [0.25, 0.3) is 0 Å². The summed E-state index contributed by atoms with van der Waals surface area (Å²) in [5, 5.41) is 3.81. The smallest absolute Gasteiger partial charge is 0.0246 e. The standard InChI is InChI=1S/C18H38N2/c1-6-11-16(19-14-7-2)17(8-3)20(5)18-13-10-9-12-15(18)4/h15-19H,6-14H2,1-5H3. The molecule has 0 heterocycles. The predicted molar refractivity (Wildman–Crippen MR) is 90.3 cm³/mol. The molecule has 2 heteroatoms. The first-order valence-corrected chi connectivity index (χ1v) is 9.10. The molecule has 1 saturated carbocycles. The molecule has 1 fully saturated rings. The largest absolute Gasteiger partial charge is 0.312 e. The van der Waals surface area contributed by atoms with Crippen LogP contribution in [0.5, 0.6) is 0 Å². The van der Waals surface area contributed by atoms with E-state index in [0.29, 0.717) is 12.1 Å². The molecule has 0 bridgehead atoms. The Balaban J connectivity index is 2.68. The Morgan fingerprint density at radius 1 is 1.10 bits per heavy atom. The van der Waals surface area contributed by atoms with Crippen LogP contribution in [0.25, 0.3) is 0 Å². The Labute approximate surface area is 127 Å². The molecule has 4 atom stereocenters. The average Bonchev–Trinajstić information content (AvgIpc) is 2.45. The van der Waals surface area contributed by atoms with Crippen molar-refractivity contribution in [1.29, 1.82) is 0 Å². The lowest BCUT2D eigenvalue weighted by Crippen LogP contribution is -2.54. The van der Waals surface area contributed by atoms with Gasteiger partial charge in [0.15, 0.2) is 0 Å². The van der Waals surface area contributed by atoms with E-state index in [9.17, 15) is 0 Å². The molecule has 1 aliphatic carbocycles. The third-order valence-electron chi connectivity index (χ3n) is 5.25. The third kappa shape index (κ3) is 5.04. The molecule has 120 valence electrons. The summed E-state index contributed by atoms with van der Waals surface area (Å²) in [6, 6.07) is 2.17. The van der Waals surface area contributed by atoms with Gasteiger partial charge in [-0.05, 0) is 51.6 Å². The molecule has 0 amide bonds. The van der Waals surface area contributed by atoms with Gasteiger partial charge in [0.05, 0.1) is 0 Å². The average molecular weight is 283 g/mol. The molecule has 0 aromatic heterocycles. The van der Waals surface area contributed by atoms with E-state index in [1.165, 1.54) is 51.4 Å². The number of likely N-dealkylation sites (N-methyl/N-ethyl adjacent to an activating group) is 1. The maximum atomic E-state index is 3.81. The molecule has 0 radical (unpaired) electrons. The minimum Gasteiger partial charge on any atom is -0.312 e. The topological polar surface area (TPSA) is 15.3 Å². The van der Waals surface area contributed by atoms with Crippen molar-refractivity contribution in [2.75, 3.05) is 13.6 Å². The van der Waals surface area contributed by atoms with Gasteiger partial charge in [-0.3, -0.25) is 4.90 Å². The van der Waals surface area contributed by atoms with Crippen molar-refractivity contribution in [3.63, 3.8) is 0 Å². The van der Waals surface area contributed by atoms with Crippen LogP contribution in [0.1, 0.15) is 79.1 Å². The van der Waals surface area contributed by atoms with E-state index in [1.807, 2.05) is 0 Å². The summed E-state index contributed by atoms with van der Waals surface area (Å²) in [4.78, 5) is 2.73. The first kappa shape index (κ1) is 18.0. The van der Waals surface area contributed by atoms with E-state index < -0.39 is 0 Å². The molecule has 0 aromatic rings. The van der Waals surface area contributed by atoms with E-state index >= 15 is 0 Å². The van der Waals surface area contributed by atoms with E-state index in [-0.39, 0.29) is 0 Å². The summed E-state index contributed by atoms with van der Waals surface area (Å²) in [6.07, 6.45) is 10.8. The monoisotopic (exact) mass is 282 g/mol. The Bertz CT molecular complexity index is 242. The van der Waals surface area contributed by atoms with Crippen molar-refractivity contribution in [3.05, 3.63) is 0 Å². The molecule has 4 unspecified atom stereocenters. The van der Waals surface area contributed by atoms with Gasteiger partial charge in [-0.15, -0.1) is 0 Å². The van der Waals surface area contributed by atoms with Crippen LogP contribution < -0.4 is 5.32 Å². The lowest BCUT2D eigenvalue weighted by molar-refractivity contribution is 0.0720. The van der Waals surface area contributed by atoms with E-state index in [0.717, 1.165) is 18.5 Å². The van der Waals surface area contributed by atoms with E-state index in [1.54, 1.807) is 0 Å². The summed E-state index contributed by atoms with van der Waals surface area (Å²) < 4.78 is 0. The maximum absolute atomic E-state index is 3.81. The number of hydrogen-bond acceptors (Lipinski definition) is 2. The summed E-state index contributed by atoms with van der Waals surface area (Å²) in [5.74, 6) is 0.872. The first-order valence-electron chi connectivity index (χ1n) is 9.10. The van der Waals surface area contributed by atoms with Crippen molar-refractivity contribution >= 4 is 0 Å². The van der Waals surface area contributed by atoms with Crippen molar-refractivity contribution < 1.29 is 0 Å². The van der Waals surface area contributed by atoms with Gasteiger partial charge in [-0.1, -0.05) is 47.0 Å². The quantitative estimate of drug-likeness (QED) is 0.672. The number of hydrogen-bond donors (Lipinski definition) is 1. The minimum absolute atomic E-state index is 0.670. The van der Waals surface area contributed by atoms with E-state index in [4.69, 9.17) is 0 Å². The molecule has 0 spiro atoms. The summed E-state index contributed by atoms with van der Waals surface area (Å²) in [7, 11) is 2.39. The Kier molecular flexibility index (Phi) is 8.79. The molecule has 1 rings (SSSR count). The Hall–Kier alpha value is -0.0800. The molecule has 20 heavy (non-hydrogen) atoms. The van der Waals surface area contributed by atoms with Gasteiger partial charge < -0.3 is 5.32 Å². The normalized spacial score (nSPS) is 26.7. The molecule has 0 aliphatic heterocycles. The number of nitrogens with one attached hydrogen (secondary N) is 1. The van der Waals surface area contributed by atoms with Crippen molar-refractivity contribution in [1.82, 2.24) is 10.2 Å². The van der Waals surface area contributed by atoms with Crippen molar-refractivity contribution in [2.45, 2.75) is 97.2 Å². The maximum Gasteiger partial charge on any atom is 0.0246 e. The molecular weight excluding hydrogens is 244 g/mol. The van der Waals surface area contributed by atoms with Crippen molar-refractivity contribution in [3.8, 4) is 0 Å². The Morgan fingerprint density at radius 2 is 1.80 bits per heavy atom. The highest BCUT2D eigenvalue weighted by atomic mass is 15.2. The molecular formula is C18H38N2. The van der Waals surface area contributed by atoms with Crippen LogP contribution in [-0.2, 0) is 0 Å². The predicted octanol–water partition coefficient (Wildman–Crippen LogP) is 4.44. The fourth-order valence-electron chi connectivity index (χ4n) is 4.08. The second-order valence-electron chi connectivity index (χ2n) is 6.82. The second kappa shape index (κ2) is 9.78.